The lowest BCUT2D eigenvalue weighted by molar-refractivity contribution is 0.670. The van der Waals surface area contributed by atoms with Gasteiger partial charge >= 0.3 is 0 Å². The van der Waals surface area contributed by atoms with E-state index in [9.17, 15) is 0 Å². The first kappa shape index (κ1) is 39.1. The minimum atomic E-state index is 0.584. The molecule has 0 aliphatic carbocycles. The number of benzene rings is 9. The summed E-state index contributed by atoms with van der Waals surface area (Å²) in [6, 6.07) is 82.1. The summed E-state index contributed by atoms with van der Waals surface area (Å²) < 4.78 is 8.63. The molecule has 0 saturated heterocycles. The smallest absolute Gasteiger partial charge is 0.164 e. The first-order valence-electron chi connectivity index (χ1n) is 22.8. The largest absolute Gasteiger partial charge is 0.455 e. The Bertz CT molecular complexity index is 4000. The summed E-state index contributed by atoms with van der Waals surface area (Å²) in [5.41, 5.74) is 15.9. The number of fused-ring (bicyclic) bond motifs is 6. The molecule has 6 heteroatoms. The van der Waals surface area contributed by atoms with Crippen LogP contribution in [-0.4, -0.2) is 24.6 Å². The predicted molar refractivity (Wildman–Crippen MR) is 277 cm³/mol. The van der Waals surface area contributed by atoms with E-state index in [-0.39, 0.29) is 0 Å². The zero-order valence-corrected chi connectivity index (χ0v) is 36.7. The van der Waals surface area contributed by atoms with E-state index in [2.05, 4.69) is 193 Å². The molecule has 0 aliphatic heterocycles. The lowest BCUT2D eigenvalue weighted by Gasteiger charge is -2.18. The zero-order chi connectivity index (χ0) is 45.0. The lowest BCUT2D eigenvalue weighted by atomic mass is 9.91. The Kier molecular flexibility index (Phi) is 9.39. The van der Waals surface area contributed by atoms with Crippen molar-refractivity contribution in [2.45, 2.75) is 0 Å². The molecule has 318 valence electrons. The van der Waals surface area contributed by atoms with E-state index in [0.717, 1.165) is 111 Å². The second-order valence-electron chi connectivity index (χ2n) is 17.0. The van der Waals surface area contributed by atoms with E-state index in [1.54, 1.807) is 0 Å². The molecule has 9 aromatic carbocycles. The van der Waals surface area contributed by atoms with Crippen LogP contribution in [0.4, 0.5) is 0 Å². The Morgan fingerprint density at radius 2 is 0.794 bits per heavy atom. The summed E-state index contributed by atoms with van der Waals surface area (Å²) in [5, 5.41) is 9.99. The van der Waals surface area contributed by atoms with Crippen molar-refractivity contribution in [1.82, 2.24) is 24.6 Å². The van der Waals surface area contributed by atoms with E-state index in [1.807, 2.05) is 48.5 Å². The van der Waals surface area contributed by atoms with Gasteiger partial charge in [0.25, 0.3) is 0 Å². The monoisotopic (exact) mass is 869 g/mol. The van der Waals surface area contributed by atoms with Crippen molar-refractivity contribution in [3.8, 4) is 90.1 Å². The maximum Gasteiger partial charge on any atom is 0.164 e. The molecule has 0 N–H and O–H groups in total. The van der Waals surface area contributed by atoms with Gasteiger partial charge in [-0.2, -0.15) is 5.10 Å². The molecule has 0 aliphatic rings. The molecule has 0 spiro atoms. The summed E-state index contributed by atoms with van der Waals surface area (Å²) in [4.78, 5) is 15.4. The second-order valence-corrected chi connectivity index (χ2v) is 17.0. The Morgan fingerprint density at radius 1 is 0.324 bits per heavy atom. The zero-order valence-electron chi connectivity index (χ0n) is 36.7. The predicted octanol–water partition coefficient (Wildman–Crippen LogP) is 15.9. The fourth-order valence-electron chi connectivity index (χ4n) is 9.74. The molecule has 0 bridgehead atoms. The quantitative estimate of drug-likeness (QED) is 0.152. The Hall–Kier alpha value is -9.26. The molecule has 4 heterocycles. The molecule has 0 amide bonds. The number of hydrogen-bond acceptors (Lipinski definition) is 5. The third kappa shape index (κ3) is 6.66. The van der Waals surface area contributed by atoms with Crippen LogP contribution in [0.2, 0.25) is 0 Å². The van der Waals surface area contributed by atoms with Gasteiger partial charge in [-0.3, -0.25) is 0 Å². The summed E-state index contributed by atoms with van der Waals surface area (Å²) in [6.07, 6.45) is 0. The molecular weight excluding hydrogens is 831 g/mol. The van der Waals surface area contributed by atoms with Gasteiger partial charge in [-0.05, 0) is 34.2 Å². The number of furan rings is 1. The molecule has 68 heavy (non-hydrogen) atoms. The third-order valence-corrected chi connectivity index (χ3v) is 12.9. The molecule has 13 aromatic rings. The van der Waals surface area contributed by atoms with Gasteiger partial charge in [-0.1, -0.05) is 224 Å². The number of nitrogens with zero attached hydrogens (tertiary/aromatic N) is 5. The highest BCUT2D eigenvalue weighted by molar-refractivity contribution is 6.15. The molecule has 0 atom stereocenters. The average molecular weight is 870 g/mol. The van der Waals surface area contributed by atoms with Crippen LogP contribution in [0.15, 0.2) is 241 Å². The average Bonchev–Trinajstić information content (AvgIpc) is 4.01. The molecule has 6 nitrogen and oxygen atoms in total. The third-order valence-electron chi connectivity index (χ3n) is 12.9. The van der Waals surface area contributed by atoms with E-state index in [4.69, 9.17) is 24.5 Å². The molecular formula is C62H39N5O. The van der Waals surface area contributed by atoms with Crippen LogP contribution in [0.5, 0.6) is 0 Å². The summed E-state index contributed by atoms with van der Waals surface area (Å²) in [6.45, 7) is 0. The van der Waals surface area contributed by atoms with Crippen LogP contribution in [-0.2, 0) is 0 Å². The van der Waals surface area contributed by atoms with Crippen molar-refractivity contribution in [3.05, 3.63) is 237 Å². The maximum absolute atomic E-state index is 6.45. The van der Waals surface area contributed by atoms with Crippen molar-refractivity contribution in [2.75, 3.05) is 0 Å². The molecule has 0 saturated carbocycles. The Balaban J connectivity index is 0.983. The number of aromatic nitrogens is 5. The molecule has 0 radical (unpaired) electrons. The SMILES string of the molecule is c1ccc(-c2nc(-c3ccc(-c4c(-c5ccccc5)n5nc(-c6ccccc6)c(-c6ccccc6)c5c5ccccc45)cc3)nc(-c3cccc(-c4cccc5c4oc4ccccc45)c3)n2)cc1. The normalized spacial score (nSPS) is 11.5. The fourth-order valence-corrected chi connectivity index (χ4v) is 9.74. The van der Waals surface area contributed by atoms with Crippen molar-refractivity contribution in [1.29, 1.82) is 0 Å². The maximum atomic E-state index is 6.45. The Morgan fingerprint density at radius 3 is 1.49 bits per heavy atom. The fraction of sp³-hybridized carbons (Fsp3) is 0. The van der Waals surface area contributed by atoms with Crippen molar-refractivity contribution >= 4 is 38.2 Å². The van der Waals surface area contributed by atoms with Crippen LogP contribution in [0.3, 0.4) is 0 Å². The van der Waals surface area contributed by atoms with Gasteiger partial charge in [-0.15, -0.1) is 0 Å². The Labute approximate surface area is 392 Å². The van der Waals surface area contributed by atoms with E-state index < -0.39 is 0 Å². The molecule has 13 rings (SSSR count). The highest BCUT2D eigenvalue weighted by Gasteiger charge is 2.25. The van der Waals surface area contributed by atoms with Gasteiger partial charge in [-0.25, -0.2) is 19.5 Å². The number of pyridine rings is 1. The van der Waals surface area contributed by atoms with Gasteiger partial charge in [0.05, 0.1) is 11.2 Å². The van der Waals surface area contributed by atoms with Gasteiger partial charge in [0, 0.05) is 60.7 Å². The van der Waals surface area contributed by atoms with Gasteiger partial charge in [0.2, 0.25) is 0 Å². The van der Waals surface area contributed by atoms with Crippen molar-refractivity contribution in [2.24, 2.45) is 0 Å². The van der Waals surface area contributed by atoms with Gasteiger partial charge in [0.15, 0.2) is 17.5 Å². The van der Waals surface area contributed by atoms with Crippen molar-refractivity contribution in [3.63, 3.8) is 0 Å². The standard InChI is InChI=1S/C62H39N5O/c1-5-19-40(20-6-1)55-56(42-21-7-2-8-22-42)66-67-57(43-23-9-3-10-24-43)54(50-30-13-14-31-51(50)58(55)67)41-35-37-45(38-36-41)61-63-60(44-25-11-4-12-26-44)64-62(65-61)47-28-17-27-46(39-47)48-32-18-33-52-49-29-15-16-34-53(49)68-59(48)52/h1-39H. The summed E-state index contributed by atoms with van der Waals surface area (Å²) in [7, 11) is 0. The van der Waals surface area contributed by atoms with Crippen LogP contribution >= 0.6 is 0 Å². The number of hydrogen-bond donors (Lipinski definition) is 0. The lowest BCUT2D eigenvalue weighted by Crippen LogP contribution is -2.01. The van der Waals surface area contributed by atoms with Crippen LogP contribution in [0.1, 0.15) is 0 Å². The highest BCUT2D eigenvalue weighted by atomic mass is 16.3. The second kappa shape index (κ2) is 16.3. The molecule has 0 fully saturated rings. The molecule has 0 unspecified atom stereocenters. The van der Waals surface area contributed by atoms with Crippen LogP contribution < -0.4 is 0 Å². The number of rotatable bonds is 8. The van der Waals surface area contributed by atoms with E-state index >= 15 is 0 Å². The minimum Gasteiger partial charge on any atom is -0.455 e. The van der Waals surface area contributed by atoms with Crippen LogP contribution in [0, 0.1) is 0 Å². The first-order valence-corrected chi connectivity index (χ1v) is 22.8. The van der Waals surface area contributed by atoms with Crippen LogP contribution in [0.25, 0.3) is 128 Å². The molecule has 4 aromatic heterocycles. The van der Waals surface area contributed by atoms with Crippen molar-refractivity contribution < 1.29 is 4.42 Å². The van der Waals surface area contributed by atoms with E-state index in [1.165, 1.54) is 0 Å². The summed E-state index contributed by atoms with van der Waals surface area (Å²) in [5.74, 6) is 1.77. The highest BCUT2D eigenvalue weighted by Crippen LogP contribution is 2.46. The first-order chi connectivity index (χ1) is 33.7. The van der Waals surface area contributed by atoms with Gasteiger partial charge in [0.1, 0.15) is 16.9 Å². The number of para-hydroxylation sites is 2. The summed E-state index contributed by atoms with van der Waals surface area (Å²) >= 11 is 0. The van der Waals surface area contributed by atoms with E-state index in [0.29, 0.717) is 17.5 Å². The topological polar surface area (TPSA) is 69.1 Å². The minimum absolute atomic E-state index is 0.584. The van der Waals surface area contributed by atoms with Gasteiger partial charge < -0.3 is 4.42 Å².